The van der Waals surface area contributed by atoms with E-state index >= 15 is 0 Å². The average Bonchev–Trinajstić information content (AvgIpc) is 3.21. The van der Waals surface area contributed by atoms with Gasteiger partial charge in [-0.3, -0.25) is 4.79 Å². The number of ether oxygens (including phenoxy) is 1. The number of nitrogens with zero attached hydrogens (tertiary/aromatic N) is 1. The zero-order valence-corrected chi connectivity index (χ0v) is 18.8. The number of anilines is 1. The fourth-order valence-corrected chi connectivity index (χ4v) is 4.78. The highest BCUT2D eigenvalue weighted by Gasteiger charge is 2.23. The molecular weight excluding hydrogens is 428 g/mol. The molecule has 0 spiro atoms. The van der Waals surface area contributed by atoms with Crippen LogP contribution in [0.15, 0.2) is 53.6 Å². The van der Waals surface area contributed by atoms with Gasteiger partial charge in [-0.1, -0.05) is 0 Å². The van der Waals surface area contributed by atoms with E-state index < -0.39 is 10.0 Å². The van der Waals surface area contributed by atoms with Crippen molar-refractivity contribution in [3.05, 3.63) is 54.2 Å². The van der Waals surface area contributed by atoms with E-state index in [-0.39, 0.29) is 10.8 Å². The largest absolute Gasteiger partial charge is 0.497 e. The highest BCUT2D eigenvalue weighted by Crippen LogP contribution is 2.34. The first-order valence-corrected chi connectivity index (χ1v) is 12.2. The molecule has 1 aliphatic rings. The number of aromatic nitrogens is 1. The van der Waals surface area contributed by atoms with E-state index in [2.05, 4.69) is 27.5 Å². The van der Waals surface area contributed by atoms with Gasteiger partial charge in [-0.25, -0.2) is 13.6 Å². The number of methoxy groups -OCH3 is 1. The summed E-state index contributed by atoms with van der Waals surface area (Å²) in [6, 6.07) is 12.0. The molecule has 0 aliphatic carbocycles. The summed E-state index contributed by atoms with van der Waals surface area (Å²) in [4.78, 5) is 18.0. The number of rotatable bonds is 7. The van der Waals surface area contributed by atoms with Gasteiger partial charge in [0.25, 0.3) is 0 Å². The van der Waals surface area contributed by atoms with Crippen molar-refractivity contribution in [2.24, 2.45) is 5.14 Å². The molecule has 0 saturated carbocycles. The minimum Gasteiger partial charge on any atom is -0.497 e. The Bertz CT molecular complexity index is 1200. The van der Waals surface area contributed by atoms with Crippen molar-refractivity contribution in [1.82, 2.24) is 9.88 Å². The number of carbonyl (C=O) groups excluding carboxylic acids is 1. The maximum atomic E-state index is 12.3. The standard InChI is InChI=1S/C23H28N4O4S/c1-31-18-4-7-22-20(14-18)21(15-25-22)16-8-11-27(12-9-16)13-10-23(28)26-17-2-5-19(6-3-17)32(24,29)30/h2-7,14-16,25H,8-13H2,1H3,(H,26,28)(H2,24,29,30). The molecule has 32 heavy (non-hydrogen) atoms. The topological polar surface area (TPSA) is 118 Å². The van der Waals surface area contributed by atoms with Gasteiger partial charge < -0.3 is 19.9 Å². The number of likely N-dealkylation sites (tertiary alicyclic amines) is 1. The van der Waals surface area contributed by atoms with Crippen molar-refractivity contribution in [3.8, 4) is 5.75 Å². The van der Waals surface area contributed by atoms with Gasteiger partial charge in [0, 0.05) is 35.8 Å². The van der Waals surface area contributed by atoms with Crippen molar-refractivity contribution in [2.75, 3.05) is 32.1 Å². The third-order valence-electron chi connectivity index (χ3n) is 6.07. The van der Waals surface area contributed by atoms with Crippen LogP contribution in [0.5, 0.6) is 5.75 Å². The van der Waals surface area contributed by atoms with E-state index in [0.29, 0.717) is 24.6 Å². The number of carbonyl (C=O) groups is 1. The van der Waals surface area contributed by atoms with Crippen molar-refractivity contribution in [2.45, 2.75) is 30.1 Å². The highest BCUT2D eigenvalue weighted by molar-refractivity contribution is 7.89. The SMILES string of the molecule is COc1ccc2[nH]cc(C3CCN(CCC(=O)Nc4ccc(S(N)(=O)=O)cc4)CC3)c2c1. The fraction of sp³-hybridized carbons (Fsp3) is 0.348. The van der Waals surface area contributed by atoms with Crippen LogP contribution in [0.4, 0.5) is 5.69 Å². The van der Waals surface area contributed by atoms with Crippen molar-refractivity contribution in [1.29, 1.82) is 0 Å². The fourth-order valence-electron chi connectivity index (χ4n) is 4.26. The zero-order valence-electron chi connectivity index (χ0n) is 18.0. The number of sulfonamides is 1. The highest BCUT2D eigenvalue weighted by atomic mass is 32.2. The lowest BCUT2D eigenvalue weighted by Gasteiger charge is -2.31. The number of hydrogen-bond acceptors (Lipinski definition) is 5. The van der Waals surface area contributed by atoms with Gasteiger partial charge >= 0.3 is 0 Å². The molecule has 0 radical (unpaired) electrons. The smallest absolute Gasteiger partial charge is 0.238 e. The van der Waals surface area contributed by atoms with E-state index in [0.717, 1.165) is 37.2 Å². The van der Waals surface area contributed by atoms with Crippen molar-refractivity contribution in [3.63, 3.8) is 0 Å². The number of nitrogens with two attached hydrogens (primary N) is 1. The lowest BCUT2D eigenvalue weighted by atomic mass is 9.89. The molecule has 0 unspecified atom stereocenters. The second kappa shape index (κ2) is 9.32. The van der Waals surface area contributed by atoms with Gasteiger partial charge in [0.15, 0.2) is 0 Å². The summed E-state index contributed by atoms with van der Waals surface area (Å²) < 4.78 is 28.0. The lowest BCUT2D eigenvalue weighted by Crippen LogP contribution is -2.35. The monoisotopic (exact) mass is 456 g/mol. The van der Waals surface area contributed by atoms with Gasteiger partial charge in [0.05, 0.1) is 12.0 Å². The van der Waals surface area contributed by atoms with E-state index in [1.807, 2.05) is 12.1 Å². The molecule has 1 aliphatic heterocycles. The minimum atomic E-state index is -3.74. The first kappa shape index (κ1) is 22.3. The predicted octanol–water partition coefficient (Wildman–Crippen LogP) is 3.03. The molecular formula is C23H28N4O4S. The van der Waals surface area contributed by atoms with Crippen LogP contribution in [0.25, 0.3) is 10.9 Å². The Morgan fingerprint density at radius 3 is 2.56 bits per heavy atom. The Hall–Kier alpha value is -2.88. The molecule has 0 atom stereocenters. The third-order valence-corrected chi connectivity index (χ3v) is 7.00. The Morgan fingerprint density at radius 2 is 1.91 bits per heavy atom. The zero-order chi connectivity index (χ0) is 22.7. The Labute approximate surface area is 187 Å². The predicted molar refractivity (Wildman–Crippen MR) is 124 cm³/mol. The molecule has 1 saturated heterocycles. The molecule has 0 bridgehead atoms. The van der Waals surface area contributed by atoms with Gasteiger partial charge in [0.1, 0.15) is 5.75 Å². The van der Waals surface area contributed by atoms with Crippen LogP contribution in [-0.2, 0) is 14.8 Å². The lowest BCUT2D eigenvalue weighted by molar-refractivity contribution is -0.116. The first-order chi connectivity index (χ1) is 15.3. The normalized spacial score (nSPS) is 15.7. The van der Waals surface area contributed by atoms with Crippen molar-refractivity contribution >= 4 is 32.5 Å². The van der Waals surface area contributed by atoms with Crippen LogP contribution in [-0.4, -0.2) is 51.0 Å². The first-order valence-electron chi connectivity index (χ1n) is 10.6. The number of amides is 1. The Morgan fingerprint density at radius 1 is 1.19 bits per heavy atom. The number of hydrogen-bond donors (Lipinski definition) is 3. The van der Waals surface area contributed by atoms with Gasteiger partial charge in [0.2, 0.25) is 15.9 Å². The van der Waals surface area contributed by atoms with Crippen molar-refractivity contribution < 1.29 is 17.9 Å². The molecule has 9 heteroatoms. The molecule has 4 N–H and O–H groups in total. The van der Waals surface area contributed by atoms with E-state index in [1.165, 1.54) is 23.1 Å². The number of nitrogens with one attached hydrogen (secondary N) is 2. The van der Waals surface area contributed by atoms with Crippen LogP contribution in [0, 0.1) is 0 Å². The Kier molecular flexibility index (Phi) is 6.50. The summed E-state index contributed by atoms with van der Waals surface area (Å²) in [5, 5.41) is 9.11. The van der Waals surface area contributed by atoms with Gasteiger partial charge in [-0.05, 0) is 79.9 Å². The molecule has 8 nitrogen and oxygen atoms in total. The molecule has 170 valence electrons. The third kappa shape index (κ3) is 5.12. The minimum absolute atomic E-state index is 0.0204. The molecule has 1 amide bonds. The number of aromatic amines is 1. The molecule has 4 rings (SSSR count). The van der Waals surface area contributed by atoms with Crippen LogP contribution in [0.2, 0.25) is 0 Å². The molecule has 2 aromatic carbocycles. The average molecular weight is 457 g/mol. The van der Waals surface area contributed by atoms with Crippen LogP contribution in [0.3, 0.4) is 0 Å². The van der Waals surface area contributed by atoms with E-state index in [9.17, 15) is 13.2 Å². The van der Waals surface area contributed by atoms with E-state index in [4.69, 9.17) is 9.88 Å². The summed E-state index contributed by atoms with van der Waals surface area (Å²) >= 11 is 0. The number of fused-ring (bicyclic) bond motifs is 1. The maximum Gasteiger partial charge on any atom is 0.238 e. The van der Waals surface area contributed by atoms with E-state index in [1.54, 1.807) is 19.2 Å². The molecule has 1 fully saturated rings. The van der Waals surface area contributed by atoms with Gasteiger partial charge in [-0.15, -0.1) is 0 Å². The maximum absolute atomic E-state index is 12.3. The summed E-state index contributed by atoms with van der Waals surface area (Å²) in [5.74, 6) is 1.25. The van der Waals surface area contributed by atoms with Gasteiger partial charge in [-0.2, -0.15) is 0 Å². The summed E-state index contributed by atoms with van der Waals surface area (Å²) in [6.45, 7) is 2.57. The quantitative estimate of drug-likeness (QED) is 0.505. The van der Waals surface area contributed by atoms with Crippen LogP contribution in [0.1, 0.15) is 30.7 Å². The summed E-state index contributed by atoms with van der Waals surface area (Å²) in [6.07, 6.45) is 4.58. The number of benzene rings is 2. The Balaban J connectivity index is 1.27. The number of primary sulfonamides is 1. The molecule has 2 heterocycles. The van der Waals surface area contributed by atoms with Crippen LogP contribution >= 0.6 is 0 Å². The summed E-state index contributed by atoms with van der Waals surface area (Å²) in [7, 11) is -2.05. The second-order valence-corrected chi connectivity index (χ2v) is 9.70. The number of piperidine rings is 1. The van der Waals surface area contributed by atoms with Crippen LogP contribution < -0.4 is 15.2 Å². The summed E-state index contributed by atoms with van der Waals surface area (Å²) in [5.41, 5.74) is 3.01. The molecule has 3 aromatic rings. The number of H-pyrrole nitrogens is 1. The second-order valence-electron chi connectivity index (χ2n) is 8.14. The molecule has 1 aromatic heterocycles.